The van der Waals surface area contributed by atoms with Crippen molar-refractivity contribution in [2.24, 2.45) is 5.73 Å². The molecule has 1 heterocycles. The zero-order chi connectivity index (χ0) is 20.3. The Bertz CT molecular complexity index is 858. The van der Waals surface area contributed by atoms with Crippen molar-refractivity contribution in [1.82, 2.24) is 10.3 Å². The molecule has 0 spiro atoms. The van der Waals surface area contributed by atoms with E-state index in [2.05, 4.69) is 10.3 Å². The quantitative estimate of drug-likeness (QED) is 0.723. The largest absolute Gasteiger partial charge is 0.439 e. The van der Waals surface area contributed by atoms with Crippen LogP contribution in [0.3, 0.4) is 0 Å². The SMILES string of the molecule is NCc1cc(Oc2cccc(C(=O)NC3CCCC3O)c2)nc(C(F)(F)F)c1. The number of carbonyl (C=O) groups excluding carboxylic acids is 1. The van der Waals surface area contributed by atoms with Gasteiger partial charge in [0.25, 0.3) is 5.91 Å². The van der Waals surface area contributed by atoms with Gasteiger partial charge >= 0.3 is 6.18 Å². The van der Waals surface area contributed by atoms with E-state index in [4.69, 9.17) is 10.5 Å². The number of aliphatic hydroxyl groups excluding tert-OH is 1. The first kappa shape index (κ1) is 20.1. The number of nitrogens with zero attached hydrogens (tertiary/aromatic N) is 1. The summed E-state index contributed by atoms with van der Waals surface area (Å²) in [7, 11) is 0. The average Bonchev–Trinajstić information content (AvgIpc) is 3.05. The van der Waals surface area contributed by atoms with Gasteiger partial charge in [0.15, 0.2) is 0 Å². The highest BCUT2D eigenvalue weighted by Crippen LogP contribution is 2.31. The second-order valence-corrected chi connectivity index (χ2v) is 6.61. The zero-order valence-electron chi connectivity index (χ0n) is 14.9. The fourth-order valence-electron chi connectivity index (χ4n) is 3.06. The Morgan fingerprint density at radius 3 is 2.71 bits per heavy atom. The number of benzene rings is 1. The molecule has 2 unspecified atom stereocenters. The Hall–Kier alpha value is -2.65. The molecule has 6 nitrogen and oxygen atoms in total. The topological polar surface area (TPSA) is 97.5 Å². The smallest absolute Gasteiger partial charge is 0.433 e. The standard InChI is InChI=1S/C19H20F3N3O3/c20-19(21,22)16-7-11(10-23)8-17(25-16)28-13-4-1-3-12(9-13)18(27)24-14-5-2-6-15(14)26/h1,3-4,7-9,14-15,26H,2,5-6,10,23H2,(H,24,27). The normalized spacial score (nSPS) is 19.5. The van der Waals surface area contributed by atoms with Gasteiger partial charge in [-0.2, -0.15) is 13.2 Å². The lowest BCUT2D eigenvalue weighted by molar-refractivity contribution is -0.141. The van der Waals surface area contributed by atoms with Gasteiger partial charge in [0.05, 0.1) is 12.1 Å². The predicted octanol–water partition coefficient (Wildman–Crippen LogP) is 2.99. The van der Waals surface area contributed by atoms with Crippen molar-refractivity contribution < 1.29 is 27.8 Å². The number of hydrogen-bond donors (Lipinski definition) is 3. The fraction of sp³-hybridized carbons (Fsp3) is 0.368. The van der Waals surface area contributed by atoms with Crippen LogP contribution in [0.4, 0.5) is 13.2 Å². The number of alkyl halides is 3. The van der Waals surface area contributed by atoms with Crippen LogP contribution in [-0.4, -0.2) is 28.1 Å². The van der Waals surface area contributed by atoms with Crippen LogP contribution in [0.15, 0.2) is 36.4 Å². The Balaban J connectivity index is 1.78. The van der Waals surface area contributed by atoms with E-state index in [1.807, 2.05) is 0 Å². The lowest BCUT2D eigenvalue weighted by atomic mass is 10.1. The molecular weight excluding hydrogens is 375 g/mol. The minimum absolute atomic E-state index is 0.103. The molecule has 1 saturated carbocycles. The van der Waals surface area contributed by atoms with E-state index >= 15 is 0 Å². The van der Waals surface area contributed by atoms with Crippen molar-refractivity contribution in [2.75, 3.05) is 0 Å². The highest BCUT2D eigenvalue weighted by Gasteiger charge is 2.33. The number of nitrogens with one attached hydrogen (secondary N) is 1. The van der Waals surface area contributed by atoms with Crippen LogP contribution in [0.2, 0.25) is 0 Å². The molecule has 1 aliphatic carbocycles. The van der Waals surface area contributed by atoms with Gasteiger partial charge in [-0.1, -0.05) is 6.07 Å². The van der Waals surface area contributed by atoms with Crippen LogP contribution >= 0.6 is 0 Å². The van der Waals surface area contributed by atoms with Gasteiger partial charge in [0.1, 0.15) is 11.4 Å². The molecule has 1 amide bonds. The van der Waals surface area contributed by atoms with E-state index in [1.54, 1.807) is 12.1 Å². The Morgan fingerprint density at radius 1 is 1.29 bits per heavy atom. The van der Waals surface area contributed by atoms with Gasteiger partial charge in [-0.3, -0.25) is 4.79 Å². The molecular formula is C19H20F3N3O3. The summed E-state index contributed by atoms with van der Waals surface area (Å²) in [5.74, 6) is -0.496. The third-order valence-electron chi connectivity index (χ3n) is 4.50. The molecule has 28 heavy (non-hydrogen) atoms. The van der Waals surface area contributed by atoms with E-state index < -0.39 is 23.9 Å². The fourth-order valence-corrected chi connectivity index (χ4v) is 3.06. The lowest BCUT2D eigenvalue weighted by Crippen LogP contribution is -2.39. The van der Waals surface area contributed by atoms with Crippen LogP contribution in [0.25, 0.3) is 0 Å². The van der Waals surface area contributed by atoms with Crippen LogP contribution in [0.1, 0.15) is 40.9 Å². The molecule has 2 atom stereocenters. The summed E-state index contributed by atoms with van der Waals surface area (Å²) in [6.07, 6.45) is -3.04. The maximum Gasteiger partial charge on any atom is 0.433 e. The molecule has 2 aromatic rings. The molecule has 4 N–H and O–H groups in total. The molecule has 0 bridgehead atoms. The monoisotopic (exact) mass is 395 g/mol. The summed E-state index contributed by atoms with van der Waals surface area (Å²) in [6, 6.07) is 7.88. The first-order chi connectivity index (χ1) is 13.3. The second kappa shape index (κ2) is 8.15. The highest BCUT2D eigenvalue weighted by molar-refractivity contribution is 5.94. The number of amides is 1. The molecule has 3 rings (SSSR count). The summed E-state index contributed by atoms with van der Waals surface area (Å²) in [4.78, 5) is 15.9. The van der Waals surface area contributed by atoms with Crippen molar-refractivity contribution in [1.29, 1.82) is 0 Å². The van der Waals surface area contributed by atoms with Crippen LogP contribution in [0, 0.1) is 0 Å². The molecule has 0 saturated heterocycles. The Kier molecular flexibility index (Phi) is 5.85. The van der Waals surface area contributed by atoms with Crippen LogP contribution in [-0.2, 0) is 12.7 Å². The number of halogens is 3. The van der Waals surface area contributed by atoms with Gasteiger partial charge in [-0.25, -0.2) is 4.98 Å². The molecule has 0 aliphatic heterocycles. The van der Waals surface area contributed by atoms with E-state index in [9.17, 15) is 23.1 Å². The number of nitrogens with two attached hydrogens (primary N) is 1. The Labute approximate surface area is 159 Å². The van der Waals surface area contributed by atoms with Crippen molar-refractivity contribution >= 4 is 5.91 Å². The minimum atomic E-state index is -4.63. The average molecular weight is 395 g/mol. The van der Waals surface area contributed by atoms with Gasteiger partial charge in [-0.05, 0) is 49.1 Å². The van der Waals surface area contributed by atoms with Crippen LogP contribution < -0.4 is 15.8 Å². The summed E-state index contributed by atoms with van der Waals surface area (Å²) in [5, 5.41) is 12.6. The lowest BCUT2D eigenvalue weighted by Gasteiger charge is -2.16. The van der Waals surface area contributed by atoms with Gasteiger partial charge < -0.3 is 20.9 Å². The molecule has 9 heteroatoms. The van der Waals surface area contributed by atoms with Crippen molar-refractivity contribution in [3.63, 3.8) is 0 Å². The number of carbonyl (C=O) groups is 1. The van der Waals surface area contributed by atoms with Gasteiger partial charge in [0, 0.05) is 18.2 Å². The van der Waals surface area contributed by atoms with Crippen LogP contribution in [0.5, 0.6) is 11.6 Å². The predicted molar refractivity (Wildman–Crippen MR) is 94.8 cm³/mol. The molecule has 1 aliphatic rings. The summed E-state index contributed by atoms with van der Waals surface area (Å²) < 4.78 is 44.4. The molecule has 1 aromatic carbocycles. The van der Waals surface area contributed by atoms with E-state index in [-0.39, 0.29) is 35.3 Å². The number of hydrogen-bond acceptors (Lipinski definition) is 5. The van der Waals surface area contributed by atoms with Gasteiger partial charge in [0.2, 0.25) is 5.88 Å². The zero-order valence-corrected chi connectivity index (χ0v) is 14.9. The molecule has 1 aromatic heterocycles. The molecule has 150 valence electrons. The summed E-state index contributed by atoms with van der Waals surface area (Å²) >= 11 is 0. The highest BCUT2D eigenvalue weighted by atomic mass is 19.4. The number of aromatic nitrogens is 1. The van der Waals surface area contributed by atoms with Crippen molar-refractivity contribution in [3.05, 3.63) is 53.2 Å². The maximum absolute atomic E-state index is 13.0. The maximum atomic E-state index is 13.0. The summed E-state index contributed by atoms with van der Waals surface area (Å²) in [5.41, 5.74) is 4.84. The number of rotatable bonds is 5. The minimum Gasteiger partial charge on any atom is -0.439 e. The van der Waals surface area contributed by atoms with E-state index in [0.717, 1.165) is 12.5 Å². The molecule has 0 radical (unpaired) electrons. The number of aliphatic hydroxyl groups is 1. The summed E-state index contributed by atoms with van der Waals surface area (Å²) in [6.45, 7) is -0.103. The van der Waals surface area contributed by atoms with Crippen molar-refractivity contribution in [2.45, 2.75) is 44.1 Å². The third-order valence-corrected chi connectivity index (χ3v) is 4.50. The number of ether oxygens (including phenoxy) is 1. The number of pyridine rings is 1. The van der Waals surface area contributed by atoms with E-state index in [1.165, 1.54) is 18.2 Å². The van der Waals surface area contributed by atoms with E-state index in [0.29, 0.717) is 12.8 Å². The first-order valence-corrected chi connectivity index (χ1v) is 8.81. The second-order valence-electron chi connectivity index (χ2n) is 6.61. The third kappa shape index (κ3) is 4.79. The Morgan fingerprint density at radius 2 is 2.07 bits per heavy atom. The molecule has 1 fully saturated rings. The van der Waals surface area contributed by atoms with Crippen molar-refractivity contribution in [3.8, 4) is 11.6 Å². The van der Waals surface area contributed by atoms with Gasteiger partial charge in [-0.15, -0.1) is 0 Å². The first-order valence-electron chi connectivity index (χ1n) is 8.81.